The smallest absolute Gasteiger partial charge is 0.419 e. The van der Waals surface area contributed by atoms with Crippen molar-refractivity contribution >= 4 is 41.1 Å². The van der Waals surface area contributed by atoms with Gasteiger partial charge in [0.1, 0.15) is 12.7 Å². The molecule has 1 amide bonds. The molecule has 2 saturated heterocycles. The molecule has 9 nitrogen and oxygen atoms in total. The number of piperidine rings is 1. The van der Waals surface area contributed by atoms with E-state index in [0.29, 0.717) is 40.8 Å². The monoisotopic (exact) mass is 564 g/mol. The molecule has 13 heteroatoms. The lowest BCUT2D eigenvalue weighted by atomic mass is 9.91. The van der Waals surface area contributed by atoms with Crippen LogP contribution in [-0.4, -0.2) is 58.6 Å². The van der Waals surface area contributed by atoms with Crippen LogP contribution in [0.3, 0.4) is 0 Å². The Bertz CT molecular complexity index is 1430. The Kier molecular flexibility index (Phi) is 7.13. The molecular weight excluding hydrogens is 532 g/mol. The number of hydrogen-bond donors (Lipinski definition) is 4. The number of aromatic nitrogens is 3. The largest absolute Gasteiger partial charge is 0.453 e. The van der Waals surface area contributed by atoms with Crippen LogP contribution in [0, 0.1) is 0 Å². The van der Waals surface area contributed by atoms with Gasteiger partial charge in [0.15, 0.2) is 0 Å². The number of ether oxygens (including phenoxy) is 1. The van der Waals surface area contributed by atoms with Crippen LogP contribution in [0.4, 0.5) is 29.6 Å². The normalized spacial score (nSPS) is 20.6. The zero-order valence-corrected chi connectivity index (χ0v) is 22.9. The number of methoxy groups -OCH3 is 1. The molecule has 2 aromatic heterocycles. The molecule has 0 aliphatic carbocycles. The molecule has 0 spiro atoms. The van der Waals surface area contributed by atoms with Gasteiger partial charge in [-0.3, -0.25) is 5.32 Å². The number of halogens is 3. The molecular formula is C26H32F3N6O3P. The first-order valence-electron chi connectivity index (χ1n) is 12.9. The van der Waals surface area contributed by atoms with Crippen LogP contribution in [0.5, 0.6) is 0 Å². The quantitative estimate of drug-likeness (QED) is 0.300. The first-order valence-corrected chi connectivity index (χ1v) is 15.0. The summed E-state index contributed by atoms with van der Waals surface area (Å²) in [6.07, 6.45) is 1.00. The van der Waals surface area contributed by atoms with Crippen molar-refractivity contribution < 1.29 is 27.3 Å². The number of carbonyl (C=O) groups excluding carboxylic acids is 1. The summed E-state index contributed by atoms with van der Waals surface area (Å²) in [7, 11) is -1.69. The third-order valence-electron chi connectivity index (χ3n) is 7.57. The second-order valence-electron chi connectivity index (χ2n) is 10.8. The summed E-state index contributed by atoms with van der Waals surface area (Å²) in [4.78, 5) is 23.4. The van der Waals surface area contributed by atoms with E-state index >= 15 is 0 Å². The lowest BCUT2D eigenvalue weighted by Crippen LogP contribution is -2.50. The molecule has 210 valence electrons. The number of rotatable bonds is 5. The second-order valence-corrected chi connectivity index (χ2v) is 14.0. The summed E-state index contributed by atoms with van der Waals surface area (Å²) >= 11 is 0. The van der Waals surface area contributed by atoms with Crippen molar-refractivity contribution in [2.75, 3.05) is 36.6 Å². The number of nitrogens with one attached hydrogen (secondary N) is 4. The lowest BCUT2D eigenvalue weighted by molar-refractivity contribution is -0.137. The lowest BCUT2D eigenvalue weighted by Gasteiger charge is -2.36. The van der Waals surface area contributed by atoms with Gasteiger partial charge in [-0.1, -0.05) is 6.07 Å². The Morgan fingerprint density at radius 2 is 1.97 bits per heavy atom. The number of amides is 1. The third-order valence-corrected chi connectivity index (χ3v) is 10.9. The van der Waals surface area contributed by atoms with E-state index in [1.54, 1.807) is 12.1 Å². The Balaban J connectivity index is 1.61. The van der Waals surface area contributed by atoms with E-state index < -0.39 is 25.0 Å². The Labute approximate surface area is 224 Å². The molecule has 4 heterocycles. The molecule has 0 radical (unpaired) electrons. The van der Waals surface area contributed by atoms with E-state index in [1.165, 1.54) is 13.3 Å². The van der Waals surface area contributed by atoms with E-state index in [-0.39, 0.29) is 28.8 Å². The van der Waals surface area contributed by atoms with E-state index in [9.17, 15) is 22.5 Å². The van der Waals surface area contributed by atoms with Crippen molar-refractivity contribution in [1.82, 2.24) is 20.3 Å². The minimum atomic E-state index is -4.69. The fraction of sp³-hybridized carbons (Fsp3) is 0.500. The number of benzene rings is 1. The van der Waals surface area contributed by atoms with Crippen LogP contribution in [0.1, 0.15) is 45.1 Å². The van der Waals surface area contributed by atoms with E-state index in [2.05, 4.69) is 44.7 Å². The number of alkyl halides is 3. The van der Waals surface area contributed by atoms with E-state index in [4.69, 9.17) is 4.74 Å². The number of carbonyl (C=O) groups is 1. The highest BCUT2D eigenvalue weighted by Crippen LogP contribution is 2.54. The predicted octanol–water partition coefficient (Wildman–Crippen LogP) is 5.55. The molecule has 0 saturated carbocycles. The summed E-state index contributed by atoms with van der Waals surface area (Å²) in [5, 5.41) is 10.1. The summed E-state index contributed by atoms with van der Waals surface area (Å²) in [6.45, 7) is 4.84. The van der Waals surface area contributed by atoms with Crippen molar-refractivity contribution in [2.24, 2.45) is 0 Å². The van der Waals surface area contributed by atoms with Crippen molar-refractivity contribution in [3.8, 4) is 11.3 Å². The van der Waals surface area contributed by atoms with Crippen LogP contribution < -0.4 is 21.3 Å². The average molecular weight is 565 g/mol. The van der Waals surface area contributed by atoms with Crippen LogP contribution in [-0.2, 0) is 15.5 Å². The van der Waals surface area contributed by atoms with Crippen LogP contribution in [0.25, 0.3) is 22.2 Å². The van der Waals surface area contributed by atoms with Gasteiger partial charge in [-0.25, -0.2) is 14.8 Å². The van der Waals surface area contributed by atoms with Gasteiger partial charge in [0.2, 0.25) is 5.95 Å². The average Bonchev–Trinajstić information content (AvgIpc) is 3.51. The Morgan fingerprint density at radius 3 is 2.62 bits per heavy atom. The van der Waals surface area contributed by atoms with Crippen molar-refractivity contribution in [2.45, 2.75) is 57.3 Å². The first-order chi connectivity index (χ1) is 18.4. The fourth-order valence-corrected chi connectivity index (χ4v) is 8.73. The summed E-state index contributed by atoms with van der Waals surface area (Å²) in [6, 6.07) is 3.13. The van der Waals surface area contributed by atoms with Gasteiger partial charge in [0, 0.05) is 53.8 Å². The maximum atomic E-state index is 14.1. The molecule has 3 aromatic rings. The third kappa shape index (κ3) is 5.49. The van der Waals surface area contributed by atoms with Gasteiger partial charge in [0.05, 0.1) is 29.3 Å². The highest BCUT2D eigenvalue weighted by Gasteiger charge is 2.38. The fourth-order valence-electron chi connectivity index (χ4n) is 5.43. The summed E-state index contributed by atoms with van der Waals surface area (Å²) in [5.41, 5.74) is -0.301. The number of anilines is 2. The highest BCUT2D eigenvalue weighted by atomic mass is 31.2. The van der Waals surface area contributed by atoms with Crippen molar-refractivity contribution in [3.63, 3.8) is 0 Å². The molecule has 5 rings (SSSR count). The molecule has 0 unspecified atom stereocenters. The van der Waals surface area contributed by atoms with Gasteiger partial charge >= 0.3 is 12.3 Å². The van der Waals surface area contributed by atoms with Crippen LogP contribution in [0.15, 0.2) is 24.5 Å². The highest BCUT2D eigenvalue weighted by molar-refractivity contribution is 7.72. The van der Waals surface area contributed by atoms with Gasteiger partial charge in [-0.15, -0.1) is 0 Å². The molecule has 0 bridgehead atoms. The minimum Gasteiger partial charge on any atom is -0.453 e. The molecule has 2 aliphatic rings. The molecule has 2 aliphatic heterocycles. The maximum absolute atomic E-state index is 14.1. The summed E-state index contributed by atoms with van der Waals surface area (Å²) in [5.74, 6) is 0.103. The molecule has 4 N–H and O–H groups in total. The number of hydrogen-bond acceptors (Lipinski definition) is 7. The first kappa shape index (κ1) is 27.5. The Morgan fingerprint density at radius 1 is 1.23 bits per heavy atom. The van der Waals surface area contributed by atoms with Crippen LogP contribution >= 0.6 is 7.14 Å². The van der Waals surface area contributed by atoms with Crippen molar-refractivity contribution in [3.05, 3.63) is 30.1 Å². The Hall–Kier alpha value is -3.11. The van der Waals surface area contributed by atoms with Crippen LogP contribution in [0.2, 0.25) is 0 Å². The second kappa shape index (κ2) is 10.1. The number of aromatic amines is 1. The SMILES string of the molecule is COC(=O)Nc1ccc2c(-c3nc(N[C@H]4CCC(C)(C)NC4)ncc3C(F)(F)F)c[nH]c2c1P1(=O)CCCC1. The number of nitrogens with zero attached hydrogens (tertiary/aromatic N) is 2. The van der Waals surface area contributed by atoms with Gasteiger partial charge < -0.3 is 24.9 Å². The van der Waals surface area contributed by atoms with Gasteiger partial charge in [-0.05, 0) is 45.6 Å². The zero-order chi connectivity index (χ0) is 28.0. The maximum Gasteiger partial charge on any atom is 0.419 e. The molecule has 2 fully saturated rings. The molecule has 1 atom stereocenters. The van der Waals surface area contributed by atoms with E-state index in [1.807, 2.05) is 0 Å². The van der Waals surface area contributed by atoms with E-state index in [0.717, 1.165) is 31.9 Å². The standard InChI is InChI=1S/C26H32F3N6O3P/c1-25(2)9-8-15(12-32-25)33-23-31-14-18(26(27,28)29)20(35-23)17-13-30-21-16(17)6-7-19(34-24(36)38-3)22(21)39(37)10-4-5-11-39/h6-7,13-15,30,32H,4-5,8-12H2,1-3H3,(H,34,36)(H,31,33,35)/t15-/m0/s1. The topological polar surface area (TPSA) is 121 Å². The van der Waals surface area contributed by atoms with Gasteiger partial charge in [0.25, 0.3) is 0 Å². The van der Waals surface area contributed by atoms with Crippen molar-refractivity contribution in [1.29, 1.82) is 0 Å². The van der Waals surface area contributed by atoms with Gasteiger partial charge in [-0.2, -0.15) is 13.2 Å². The zero-order valence-electron chi connectivity index (χ0n) is 22.0. The minimum absolute atomic E-state index is 0.00540. The molecule has 39 heavy (non-hydrogen) atoms. The molecule has 1 aromatic carbocycles. The number of H-pyrrole nitrogens is 1. The number of fused-ring (bicyclic) bond motifs is 1. The predicted molar refractivity (Wildman–Crippen MR) is 145 cm³/mol. The summed E-state index contributed by atoms with van der Waals surface area (Å²) < 4.78 is 61.1.